The van der Waals surface area contributed by atoms with E-state index in [1.54, 1.807) is 6.20 Å². The van der Waals surface area contributed by atoms with Gasteiger partial charge in [-0.3, -0.25) is 4.98 Å². The lowest BCUT2D eigenvalue weighted by Crippen LogP contribution is -2.26. The summed E-state index contributed by atoms with van der Waals surface area (Å²) in [6.45, 7) is 5.30. The molecule has 23 heavy (non-hydrogen) atoms. The molecule has 120 valence electrons. The first-order valence-corrected chi connectivity index (χ1v) is 8.33. The summed E-state index contributed by atoms with van der Waals surface area (Å²) in [6, 6.07) is 12.4. The Bertz CT molecular complexity index is 647. The van der Waals surface area contributed by atoms with Gasteiger partial charge < -0.3 is 14.5 Å². The van der Waals surface area contributed by atoms with Crippen LogP contribution < -0.4 is 9.64 Å². The Morgan fingerprint density at radius 2 is 1.78 bits per heavy atom. The number of anilines is 1. The van der Waals surface area contributed by atoms with E-state index < -0.39 is 0 Å². The Morgan fingerprint density at radius 1 is 1.04 bits per heavy atom. The van der Waals surface area contributed by atoms with Gasteiger partial charge in [0.05, 0.1) is 18.1 Å². The van der Waals surface area contributed by atoms with Crippen molar-refractivity contribution in [3.05, 3.63) is 54.4 Å². The van der Waals surface area contributed by atoms with E-state index in [1.165, 1.54) is 24.3 Å². The number of pyridine rings is 1. The fourth-order valence-electron chi connectivity index (χ4n) is 3.84. The first kappa shape index (κ1) is 14.5. The van der Waals surface area contributed by atoms with Gasteiger partial charge in [-0.1, -0.05) is 30.3 Å². The van der Waals surface area contributed by atoms with Crippen molar-refractivity contribution in [2.24, 2.45) is 11.8 Å². The van der Waals surface area contributed by atoms with Crippen molar-refractivity contribution in [2.75, 3.05) is 38.1 Å². The van der Waals surface area contributed by atoms with Crippen LogP contribution in [0.15, 0.2) is 48.8 Å². The molecule has 0 aliphatic carbocycles. The van der Waals surface area contributed by atoms with Crippen molar-refractivity contribution < 1.29 is 4.74 Å². The third-order valence-electron chi connectivity index (χ3n) is 4.98. The average Bonchev–Trinajstić information content (AvgIpc) is 3.11. The molecule has 2 aliphatic heterocycles. The van der Waals surface area contributed by atoms with Gasteiger partial charge in [0.2, 0.25) is 0 Å². The van der Waals surface area contributed by atoms with E-state index >= 15 is 0 Å². The third kappa shape index (κ3) is 3.17. The Kier molecular flexibility index (Phi) is 3.92. The van der Waals surface area contributed by atoms with Crippen molar-refractivity contribution in [2.45, 2.75) is 6.61 Å². The lowest BCUT2D eigenvalue weighted by molar-refractivity contribution is 0.305. The van der Waals surface area contributed by atoms with Crippen molar-refractivity contribution in [1.29, 1.82) is 0 Å². The van der Waals surface area contributed by atoms with Crippen molar-refractivity contribution in [1.82, 2.24) is 9.88 Å². The van der Waals surface area contributed by atoms with E-state index in [2.05, 4.69) is 40.0 Å². The third-order valence-corrected chi connectivity index (χ3v) is 4.98. The molecule has 1 aromatic heterocycles. The van der Waals surface area contributed by atoms with Crippen LogP contribution in [0.25, 0.3) is 0 Å². The Balaban J connectivity index is 1.41. The van der Waals surface area contributed by atoms with Gasteiger partial charge in [-0.25, -0.2) is 0 Å². The zero-order valence-electron chi connectivity index (χ0n) is 13.6. The van der Waals surface area contributed by atoms with Crippen molar-refractivity contribution >= 4 is 5.69 Å². The molecule has 2 aliphatic rings. The van der Waals surface area contributed by atoms with E-state index in [4.69, 9.17) is 4.74 Å². The van der Waals surface area contributed by atoms with Crippen LogP contribution in [-0.4, -0.2) is 43.1 Å². The highest BCUT2D eigenvalue weighted by molar-refractivity contribution is 5.49. The molecule has 1 aromatic carbocycles. The zero-order chi connectivity index (χ0) is 15.6. The highest BCUT2D eigenvalue weighted by atomic mass is 16.5. The minimum absolute atomic E-state index is 0.585. The summed E-state index contributed by atoms with van der Waals surface area (Å²) in [6.07, 6.45) is 3.76. The summed E-state index contributed by atoms with van der Waals surface area (Å²) in [5.74, 6) is 2.45. The predicted octanol–water partition coefficient (Wildman–Crippen LogP) is 2.66. The van der Waals surface area contributed by atoms with Crippen molar-refractivity contribution in [3.8, 4) is 5.75 Å². The van der Waals surface area contributed by atoms with Crippen LogP contribution in [0, 0.1) is 11.8 Å². The lowest BCUT2D eigenvalue weighted by Gasteiger charge is -2.21. The van der Waals surface area contributed by atoms with Crippen LogP contribution in [-0.2, 0) is 6.61 Å². The van der Waals surface area contributed by atoms with Gasteiger partial charge in [-0.15, -0.1) is 0 Å². The number of nitrogens with zero attached hydrogens (tertiary/aromatic N) is 3. The van der Waals surface area contributed by atoms with Gasteiger partial charge in [-0.05, 0) is 24.4 Å². The number of aromatic nitrogens is 1. The number of hydrogen-bond donors (Lipinski definition) is 0. The summed E-state index contributed by atoms with van der Waals surface area (Å²) in [5, 5.41) is 0. The molecule has 4 nitrogen and oxygen atoms in total. The maximum atomic E-state index is 5.91. The van der Waals surface area contributed by atoms with Gasteiger partial charge in [0.1, 0.15) is 12.4 Å². The summed E-state index contributed by atoms with van der Waals surface area (Å²) < 4.78 is 5.91. The minimum atomic E-state index is 0.585. The fourth-order valence-corrected chi connectivity index (χ4v) is 3.84. The van der Waals surface area contributed by atoms with Gasteiger partial charge in [0.15, 0.2) is 0 Å². The monoisotopic (exact) mass is 309 g/mol. The van der Waals surface area contributed by atoms with E-state index in [9.17, 15) is 0 Å². The summed E-state index contributed by atoms with van der Waals surface area (Å²) in [4.78, 5) is 9.29. The first-order chi connectivity index (χ1) is 11.3. The summed E-state index contributed by atoms with van der Waals surface area (Å²) in [7, 11) is 2.22. The van der Waals surface area contributed by atoms with Gasteiger partial charge >= 0.3 is 0 Å². The SMILES string of the molecule is CN1C[C@@H]2CN(c3cncc(OCc4ccccc4)c3)C[C@@H]2C1. The smallest absolute Gasteiger partial charge is 0.140 e. The number of fused-ring (bicyclic) bond motifs is 1. The largest absolute Gasteiger partial charge is 0.487 e. The highest BCUT2D eigenvalue weighted by Crippen LogP contribution is 2.33. The number of rotatable bonds is 4. The van der Waals surface area contributed by atoms with Crippen LogP contribution in [0.1, 0.15) is 5.56 Å². The molecule has 0 spiro atoms. The summed E-state index contributed by atoms with van der Waals surface area (Å²) >= 11 is 0. The van der Waals surface area contributed by atoms with Crippen LogP contribution >= 0.6 is 0 Å². The molecule has 0 radical (unpaired) electrons. The van der Waals surface area contributed by atoms with E-state index in [1.807, 2.05) is 24.4 Å². The number of ether oxygens (including phenoxy) is 1. The van der Waals surface area contributed by atoms with Crippen LogP contribution in [0.2, 0.25) is 0 Å². The maximum absolute atomic E-state index is 5.91. The molecular weight excluding hydrogens is 286 g/mol. The van der Waals surface area contributed by atoms with Crippen LogP contribution in [0.4, 0.5) is 5.69 Å². The molecule has 0 amide bonds. The molecule has 4 rings (SSSR count). The van der Waals surface area contributed by atoms with E-state index in [0.29, 0.717) is 6.61 Å². The Morgan fingerprint density at radius 3 is 2.52 bits per heavy atom. The van der Waals surface area contributed by atoms with Crippen LogP contribution in [0.5, 0.6) is 5.75 Å². The topological polar surface area (TPSA) is 28.6 Å². The lowest BCUT2D eigenvalue weighted by atomic mass is 10.0. The van der Waals surface area contributed by atoms with Gasteiger partial charge in [0.25, 0.3) is 0 Å². The number of hydrogen-bond acceptors (Lipinski definition) is 4. The van der Waals surface area contributed by atoms with Gasteiger partial charge in [0, 0.05) is 32.2 Å². The minimum Gasteiger partial charge on any atom is -0.487 e. The highest BCUT2D eigenvalue weighted by Gasteiger charge is 2.38. The van der Waals surface area contributed by atoms with E-state index in [0.717, 1.165) is 30.7 Å². The fraction of sp³-hybridized carbons (Fsp3) is 0.421. The molecule has 0 N–H and O–H groups in total. The molecule has 0 unspecified atom stereocenters. The molecule has 4 heteroatoms. The first-order valence-electron chi connectivity index (χ1n) is 8.33. The Hall–Kier alpha value is -2.07. The van der Waals surface area contributed by atoms with Crippen LogP contribution in [0.3, 0.4) is 0 Å². The standard InChI is InChI=1S/C19H23N3O/c1-21-10-16-12-22(13-17(16)11-21)18-7-19(9-20-8-18)23-14-15-5-3-2-4-6-15/h2-9,16-17H,10-14H2,1H3/t16-,17+. The molecule has 2 aromatic rings. The number of likely N-dealkylation sites (tertiary alicyclic amines) is 1. The maximum Gasteiger partial charge on any atom is 0.140 e. The Labute approximate surface area is 137 Å². The van der Waals surface area contributed by atoms with Gasteiger partial charge in [-0.2, -0.15) is 0 Å². The molecule has 2 atom stereocenters. The molecule has 3 heterocycles. The molecule has 2 fully saturated rings. The quantitative estimate of drug-likeness (QED) is 0.868. The second-order valence-electron chi connectivity index (χ2n) is 6.80. The van der Waals surface area contributed by atoms with Crippen molar-refractivity contribution in [3.63, 3.8) is 0 Å². The zero-order valence-corrected chi connectivity index (χ0v) is 13.6. The van der Waals surface area contributed by atoms with E-state index in [-0.39, 0.29) is 0 Å². The molecule has 0 saturated carbocycles. The molecule has 2 saturated heterocycles. The summed E-state index contributed by atoms with van der Waals surface area (Å²) in [5.41, 5.74) is 2.37. The normalized spacial score (nSPS) is 24.0. The molecule has 0 bridgehead atoms. The predicted molar refractivity (Wildman–Crippen MR) is 91.7 cm³/mol. The average molecular weight is 309 g/mol. The second kappa shape index (κ2) is 6.20. The molecular formula is C19H23N3O. The number of benzene rings is 1. The second-order valence-corrected chi connectivity index (χ2v) is 6.80.